The predicted molar refractivity (Wildman–Crippen MR) is 65.8 cm³/mol. The lowest BCUT2D eigenvalue weighted by Gasteiger charge is -2.14. The van der Waals surface area contributed by atoms with Gasteiger partial charge in [0.25, 0.3) is 0 Å². The Balaban J connectivity index is 2.40. The molecule has 0 spiro atoms. The zero-order valence-corrected chi connectivity index (χ0v) is 10.7. The van der Waals surface area contributed by atoms with E-state index in [1.165, 1.54) is 32.1 Å². The number of hydrogen-bond donors (Lipinski definition) is 0. The van der Waals surface area contributed by atoms with Gasteiger partial charge >= 0.3 is 0 Å². The highest BCUT2D eigenvalue weighted by Crippen LogP contribution is 2.20. The van der Waals surface area contributed by atoms with Crippen molar-refractivity contribution in [1.82, 2.24) is 0 Å². The summed E-state index contributed by atoms with van der Waals surface area (Å²) < 4.78 is 0. The van der Waals surface area contributed by atoms with Gasteiger partial charge in [0, 0.05) is 0 Å². The molecule has 0 bridgehead atoms. The minimum absolute atomic E-state index is 0.0407. The van der Waals surface area contributed by atoms with Crippen LogP contribution in [0.3, 0.4) is 0 Å². The van der Waals surface area contributed by atoms with Gasteiger partial charge < -0.3 is 0 Å². The van der Waals surface area contributed by atoms with Crippen molar-refractivity contribution < 1.29 is 4.79 Å². The highest BCUT2D eigenvalue weighted by Gasteiger charge is 2.22. The smallest absolute Gasteiger partial charge is 0.168 e. The summed E-state index contributed by atoms with van der Waals surface area (Å²) in [5, 5.41) is -0.709. The molecule has 0 heterocycles. The molecule has 1 nitrogen and oxygen atoms in total. The molecule has 15 heavy (non-hydrogen) atoms. The summed E-state index contributed by atoms with van der Waals surface area (Å²) in [6.07, 6.45) is 9.98. The molecule has 0 radical (unpaired) electrons. The normalized spacial score (nSPS) is 31.7. The van der Waals surface area contributed by atoms with Crippen LogP contribution in [0.2, 0.25) is 0 Å². The summed E-state index contributed by atoms with van der Waals surface area (Å²) >= 11 is 12.0. The van der Waals surface area contributed by atoms with E-state index in [2.05, 4.69) is 0 Å². The summed E-state index contributed by atoms with van der Waals surface area (Å²) in [7, 11) is 0. The number of carbonyl (C=O) groups is 1. The fourth-order valence-electron chi connectivity index (χ4n) is 2.01. The number of ketones is 1. The molecule has 88 valence electrons. The van der Waals surface area contributed by atoms with Gasteiger partial charge in [-0.2, -0.15) is 0 Å². The van der Waals surface area contributed by atoms with E-state index in [-0.39, 0.29) is 16.5 Å². The molecule has 0 aromatic rings. The zero-order valence-electron chi connectivity index (χ0n) is 9.18. The van der Waals surface area contributed by atoms with E-state index >= 15 is 0 Å². The van der Waals surface area contributed by atoms with Crippen LogP contribution >= 0.6 is 23.2 Å². The molecule has 3 heteroatoms. The average molecular weight is 251 g/mol. The highest BCUT2D eigenvalue weighted by molar-refractivity contribution is 6.40. The topological polar surface area (TPSA) is 17.1 Å². The first-order valence-electron chi connectivity index (χ1n) is 6.03. The lowest BCUT2D eigenvalue weighted by Crippen LogP contribution is -2.24. The van der Waals surface area contributed by atoms with Crippen LogP contribution in [0.15, 0.2) is 0 Å². The van der Waals surface area contributed by atoms with E-state index < -0.39 is 0 Å². The van der Waals surface area contributed by atoms with E-state index in [9.17, 15) is 4.79 Å². The van der Waals surface area contributed by atoms with Gasteiger partial charge in [-0.3, -0.25) is 4.79 Å². The van der Waals surface area contributed by atoms with Gasteiger partial charge in [0.05, 0.1) is 10.8 Å². The summed E-state index contributed by atoms with van der Waals surface area (Å²) in [5.41, 5.74) is 0. The van der Waals surface area contributed by atoms with Crippen molar-refractivity contribution in [1.29, 1.82) is 0 Å². The molecule has 1 aliphatic rings. The molecule has 1 aliphatic carbocycles. The number of carbonyl (C=O) groups excluding carboxylic acids is 1. The third-order valence-corrected chi connectivity index (χ3v) is 3.90. The van der Waals surface area contributed by atoms with Gasteiger partial charge in [0.1, 0.15) is 0 Å². The van der Waals surface area contributed by atoms with Crippen LogP contribution in [0.25, 0.3) is 0 Å². The van der Waals surface area contributed by atoms with E-state index in [4.69, 9.17) is 23.2 Å². The van der Waals surface area contributed by atoms with Gasteiger partial charge in [0.2, 0.25) is 0 Å². The van der Waals surface area contributed by atoms with E-state index in [1.807, 2.05) is 0 Å². The van der Waals surface area contributed by atoms with Gasteiger partial charge in [-0.05, 0) is 12.8 Å². The molecule has 2 atom stereocenters. The second kappa shape index (κ2) is 7.51. The Bertz CT molecular complexity index is 176. The number of Topliss-reactive ketones (excluding diaryl/α,β-unsaturated/α-hetero) is 1. The Morgan fingerprint density at radius 1 is 0.733 bits per heavy atom. The van der Waals surface area contributed by atoms with Gasteiger partial charge in [-0.1, -0.05) is 44.9 Å². The van der Waals surface area contributed by atoms with Crippen molar-refractivity contribution in [3.05, 3.63) is 0 Å². The lowest BCUT2D eigenvalue weighted by molar-refractivity contribution is -0.118. The van der Waals surface area contributed by atoms with Gasteiger partial charge in [0.15, 0.2) is 5.78 Å². The minimum atomic E-state index is -0.355. The SMILES string of the molecule is O=C1[C@H](Cl)CCCCCCCCC[C@@H]1Cl. The quantitative estimate of drug-likeness (QED) is 0.587. The van der Waals surface area contributed by atoms with Crippen LogP contribution in [0.1, 0.15) is 57.8 Å². The van der Waals surface area contributed by atoms with Crippen LogP contribution < -0.4 is 0 Å². The molecule has 0 amide bonds. The maximum absolute atomic E-state index is 11.7. The zero-order chi connectivity index (χ0) is 11.1. The molecule has 1 rings (SSSR count). The number of rotatable bonds is 0. The van der Waals surface area contributed by atoms with Gasteiger partial charge in [-0.15, -0.1) is 23.2 Å². The Hall–Kier alpha value is 0.250. The van der Waals surface area contributed by atoms with E-state index in [0.717, 1.165) is 25.7 Å². The summed E-state index contributed by atoms with van der Waals surface area (Å²) in [6, 6.07) is 0. The number of hydrogen-bond acceptors (Lipinski definition) is 1. The van der Waals surface area contributed by atoms with Crippen molar-refractivity contribution in [2.75, 3.05) is 0 Å². The van der Waals surface area contributed by atoms with Crippen LogP contribution in [0.5, 0.6) is 0 Å². The lowest BCUT2D eigenvalue weighted by atomic mass is 10.00. The van der Waals surface area contributed by atoms with Crippen molar-refractivity contribution in [3.63, 3.8) is 0 Å². The maximum Gasteiger partial charge on any atom is 0.168 e. The molecular weight excluding hydrogens is 231 g/mol. The minimum Gasteiger partial charge on any atom is -0.296 e. The summed E-state index contributed by atoms with van der Waals surface area (Å²) in [5.74, 6) is 0.0407. The standard InChI is InChI=1S/C12H20Cl2O/c13-10-8-6-4-2-1-3-5-7-9-11(14)12(10)15/h10-11H,1-9H2/t10-,11+. The fraction of sp³-hybridized carbons (Fsp3) is 0.917. The van der Waals surface area contributed by atoms with Gasteiger partial charge in [-0.25, -0.2) is 0 Å². The Morgan fingerprint density at radius 2 is 1.07 bits per heavy atom. The second-order valence-electron chi connectivity index (χ2n) is 4.39. The Kier molecular flexibility index (Phi) is 6.67. The van der Waals surface area contributed by atoms with Crippen molar-refractivity contribution in [2.24, 2.45) is 0 Å². The van der Waals surface area contributed by atoms with Crippen molar-refractivity contribution >= 4 is 29.0 Å². The molecule has 1 fully saturated rings. The van der Waals surface area contributed by atoms with Crippen molar-refractivity contribution in [2.45, 2.75) is 68.5 Å². The first-order chi connectivity index (χ1) is 7.22. The maximum atomic E-state index is 11.7. The van der Waals surface area contributed by atoms with Crippen LogP contribution in [0.4, 0.5) is 0 Å². The van der Waals surface area contributed by atoms with Crippen LogP contribution in [0, 0.1) is 0 Å². The predicted octanol–water partition coefficient (Wildman–Crippen LogP) is 4.29. The average Bonchev–Trinajstić information content (AvgIpc) is 2.23. The summed E-state index contributed by atoms with van der Waals surface area (Å²) in [6.45, 7) is 0. The van der Waals surface area contributed by atoms with E-state index in [1.54, 1.807) is 0 Å². The van der Waals surface area contributed by atoms with Crippen molar-refractivity contribution in [3.8, 4) is 0 Å². The largest absolute Gasteiger partial charge is 0.296 e. The second-order valence-corrected chi connectivity index (χ2v) is 5.44. The Morgan fingerprint density at radius 3 is 1.47 bits per heavy atom. The van der Waals surface area contributed by atoms with Crippen LogP contribution in [-0.4, -0.2) is 16.5 Å². The molecule has 0 N–H and O–H groups in total. The highest BCUT2D eigenvalue weighted by atomic mass is 35.5. The monoisotopic (exact) mass is 250 g/mol. The number of halogens is 2. The first-order valence-corrected chi connectivity index (χ1v) is 6.91. The molecule has 0 aromatic heterocycles. The molecule has 1 saturated carbocycles. The van der Waals surface area contributed by atoms with Crippen LogP contribution in [-0.2, 0) is 4.79 Å². The first kappa shape index (κ1) is 13.3. The molecule has 0 aromatic carbocycles. The Labute approximate surface area is 103 Å². The molecule has 0 aliphatic heterocycles. The molecule has 0 saturated heterocycles. The molecule has 0 unspecified atom stereocenters. The molecular formula is C12H20Cl2O. The fourth-order valence-corrected chi connectivity index (χ4v) is 2.69. The third kappa shape index (κ3) is 5.21. The van der Waals surface area contributed by atoms with E-state index in [0.29, 0.717) is 0 Å². The summed E-state index contributed by atoms with van der Waals surface area (Å²) in [4.78, 5) is 11.7. The number of alkyl halides is 2. The third-order valence-electron chi connectivity index (χ3n) is 3.03.